The molecule has 3 aromatic carbocycles. The standard InChI is InChI=1S/C28H30O5/c1-28(2)32-24(18-29)26(31-20-22-14-8-4-9-15-22)27(33-28)25(23-16-10-5-11-17-23)30-19-21-12-6-3-7-13-21/h3-18,24-27H,19-20H2,1-2H3/t24-,25+,26+,27+/m0/s1. The smallest absolute Gasteiger partial charge is 0.164 e. The van der Waals surface area contributed by atoms with Crippen molar-refractivity contribution in [2.24, 2.45) is 0 Å². The molecule has 172 valence electrons. The van der Waals surface area contributed by atoms with Crippen molar-refractivity contribution >= 4 is 6.29 Å². The third-order valence-corrected chi connectivity index (χ3v) is 5.61. The van der Waals surface area contributed by atoms with Gasteiger partial charge in [0.25, 0.3) is 0 Å². The van der Waals surface area contributed by atoms with Gasteiger partial charge in [0.15, 0.2) is 12.1 Å². The van der Waals surface area contributed by atoms with Gasteiger partial charge in [-0.1, -0.05) is 91.0 Å². The maximum atomic E-state index is 12.1. The number of carbonyl (C=O) groups excluding carboxylic acids is 1. The molecule has 5 nitrogen and oxygen atoms in total. The number of carbonyl (C=O) groups is 1. The zero-order chi connectivity index (χ0) is 23.1. The summed E-state index contributed by atoms with van der Waals surface area (Å²) in [5.41, 5.74) is 3.01. The Morgan fingerprint density at radius 1 is 0.818 bits per heavy atom. The van der Waals surface area contributed by atoms with E-state index in [1.165, 1.54) is 0 Å². The monoisotopic (exact) mass is 446 g/mol. The van der Waals surface area contributed by atoms with E-state index < -0.39 is 30.2 Å². The Kier molecular flexibility index (Phi) is 7.68. The first-order valence-electron chi connectivity index (χ1n) is 11.2. The Balaban J connectivity index is 1.64. The van der Waals surface area contributed by atoms with E-state index in [0.29, 0.717) is 13.2 Å². The molecule has 33 heavy (non-hydrogen) atoms. The Morgan fingerprint density at radius 3 is 1.94 bits per heavy atom. The molecule has 0 aromatic heterocycles. The van der Waals surface area contributed by atoms with Crippen LogP contribution in [0.2, 0.25) is 0 Å². The van der Waals surface area contributed by atoms with E-state index in [1.54, 1.807) is 0 Å². The Morgan fingerprint density at radius 2 is 1.36 bits per heavy atom. The van der Waals surface area contributed by atoms with Gasteiger partial charge in [-0.25, -0.2) is 0 Å². The quantitative estimate of drug-likeness (QED) is 0.420. The first-order chi connectivity index (χ1) is 16.1. The third-order valence-electron chi connectivity index (χ3n) is 5.61. The number of hydrogen-bond acceptors (Lipinski definition) is 5. The molecule has 0 aliphatic carbocycles. The van der Waals surface area contributed by atoms with E-state index in [0.717, 1.165) is 23.0 Å². The van der Waals surface area contributed by atoms with Gasteiger partial charge in [-0.2, -0.15) is 0 Å². The van der Waals surface area contributed by atoms with Gasteiger partial charge in [0.05, 0.1) is 13.2 Å². The summed E-state index contributed by atoms with van der Waals surface area (Å²) in [4.78, 5) is 12.1. The number of rotatable bonds is 9. The minimum absolute atomic E-state index is 0.333. The van der Waals surface area contributed by atoms with Gasteiger partial charge in [0.2, 0.25) is 0 Å². The zero-order valence-corrected chi connectivity index (χ0v) is 19.0. The van der Waals surface area contributed by atoms with Crippen LogP contribution in [-0.2, 0) is 37.0 Å². The first kappa shape index (κ1) is 23.3. The van der Waals surface area contributed by atoms with Crippen molar-refractivity contribution in [2.75, 3.05) is 0 Å². The van der Waals surface area contributed by atoms with E-state index in [2.05, 4.69) is 0 Å². The van der Waals surface area contributed by atoms with Gasteiger partial charge in [-0.05, 0) is 30.5 Å². The summed E-state index contributed by atoms with van der Waals surface area (Å²) in [5.74, 6) is -0.966. The number of hydrogen-bond donors (Lipinski definition) is 0. The average molecular weight is 447 g/mol. The average Bonchev–Trinajstić information content (AvgIpc) is 2.85. The maximum absolute atomic E-state index is 12.1. The van der Waals surface area contributed by atoms with Crippen LogP contribution < -0.4 is 0 Å². The summed E-state index contributed by atoms with van der Waals surface area (Å²) in [7, 11) is 0. The highest BCUT2D eigenvalue weighted by Crippen LogP contribution is 2.37. The fraction of sp³-hybridized carbons (Fsp3) is 0.321. The normalized spacial score (nSPS) is 23.0. The predicted octanol–water partition coefficient (Wildman–Crippen LogP) is 5.25. The highest BCUT2D eigenvalue weighted by atomic mass is 16.7. The molecule has 1 aliphatic rings. The number of benzene rings is 3. The van der Waals surface area contributed by atoms with Crippen LogP contribution >= 0.6 is 0 Å². The second kappa shape index (κ2) is 10.9. The van der Waals surface area contributed by atoms with Crippen LogP contribution in [0.5, 0.6) is 0 Å². The lowest BCUT2D eigenvalue weighted by Crippen LogP contribution is -2.57. The molecule has 0 saturated carbocycles. The lowest BCUT2D eigenvalue weighted by atomic mass is 9.95. The molecule has 1 aliphatic heterocycles. The van der Waals surface area contributed by atoms with Crippen LogP contribution in [0.3, 0.4) is 0 Å². The molecule has 1 saturated heterocycles. The molecule has 0 spiro atoms. The van der Waals surface area contributed by atoms with Crippen molar-refractivity contribution in [3.05, 3.63) is 108 Å². The molecular weight excluding hydrogens is 416 g/mol. The van der Waals surface area contributed by atoms with Crippen LogP contribution in [0.4, 0.5) is 0 Å². The van der Waals surface area contributed by atoms with Crippen LogP contribution in [0.25, 0.3) is 0 Å². The highest BCUT2D eigenvalue weighted by molar-refractivity contribution is 5.58. The van der Waals surface area contributed by atoms with E-state index in [4.69, 9.17) is 18.9 Å². The Hall–Kier alpha value is -2.83. The molecule has 5 heteroatoms. The maximum Gasteiger partial charge on any atom is 0.164 e. The zero-order valence-electron chi connectivity index (χ0n) is 19.0. The van der Waals surface area contributed by atoms with Crippen LogP contribution in [-0.4, -0.2) is 30.4 Å². The molecular formula is C28H30O5. The summed E-state index contributed by atoms with van der Waals surface area (Å²) in [6, 6.07) is 29.7. The Labute approximate surface area is 195 Å². The van der Waals surface area contributed by atoms with Gasteiger partial charge >= 0.3 is 0 Å². The predicted molar refractivity (Wildman–Crippen MR) is 125 cm³/mol. The molecule has 0 bridgehead atoms. The minimum Gasteiger partial charge on any atom is -0.368 e. The summed E-state index contributed by atoms with van der Waals surface area (Å²) in [5, 5.41) is 0. The van der Waals surface area contributed by atoms with Crippen molar-refractivity contribution in [1.29, 1.82) is 0 Å². The van der Waals surface area contributed by atoms with Gasteiger partial charge < -0.3 is 23.7 Å². The lowest BCUT2D eigenvalue weighted by molar-refractivity contribution is -0.346. The van der Waals surface area contributed by atoms with Crippen molar-refractivity contribution in [3.63, 3.8) is 0 Å². The molecule has 0 radical (unpaired) electrons. The van der Waals surface area contributed by atoms with Gasteiger partial charge in [0.1, 0.15) is 24.4 Å². The largest absolute Gasteiger partial charge is 0.368 e. The summed E-state index contributed by atoms with van der Waals surface area (Å²) < 4.78 is 25.0. The van der Waals surface area contributed by atoms with Gasteiger partial charge in [0, 0.05) is 0 Å². The fourth-order valence-electron chi connectivity index (χ4n) is 4.08. The minimum atomic E-state index is -0.966. The van der Waals surface area contributed by atoms with Crippen molar-refractivity contribution in [2.45, 2.75) is 57.3 Å². The third kappa shape index (κ3) is 6.15. The second-order valence-corrected chi connectivity index (χ2v) is 8.59. The van der Waals surface area contributed by atoms with Crippen molar-refractivity contribution in [3.8, 4) is 0 Å². The molecule has 1 heterocycles. The van der Waals surface area contributed by atoms with Crippen molar-refractivity contribution in [1.82, 2.24) is 0 Å². The molecule has 4 rings (SSSR count). The lowest BCUT2D eigenvalue weighted by Gasteiger charge is -2.46. The van der Waals surface area contributed by atoms with Crippen LogP contribution in [0.15, 0.2) is 91.0 Å². The van der Waals surface area contributed by atoms with Gasteiger partial charge in [-0.15, -0.1) is 0 Å². The Bertz CT molecular complexity index is 991. The van der Waals surface area contributed by atoms with Crippen LogP contribution in [0.1, 0.15) is 36.6 Å². The van der Waals surface area contributed by atoms with Crippen LogP contribution in [0, 0.1) is 0 Å². The van der Waals surface area contributed by atoms with E-state index >= 15 is 0 Å². The molecule has 4 atom stereocenters. The highest BCUT2D eigenvalue weighted by Gasteiger charge is 2.48. The molecule has 1 fully saturated rings. The molecule has 0 unspecified atom stereocenters. The number of ether oxygens (including phenoxy) is 4. The topological polar surface area (TPSA) is 54.0 Å². The second-order valence-electron chi connectivity index (χ2n) is 8.59. The summed E-state index contributed by atoms with van der Waals surface area (Å²) in [6.45, 7) is 4.35. The SMILES string of the molecule is CC1(C)O[C@H]([C@H](OCc2ccccc2)c2ccccc2)[C@H](OCc2ccccc2)[C@H](C=O)O1. The summed E-state index contributed by atoms with van der Waals surface area (Å²) >= 11 is 0. The molecule has 3 aromatic rings. The fourth-order valence-corrected chi connectivity index (χ4v) is 4.08. The molecule has 0 N–H and O–H groups in total. The van der Waals surface area contributed by atoms with E-state index in [1.807, 2.05) is 105 Å². The van der Waals surface area contributed by atoms with E-state index in [9.17, 15) is 4.79 Å². The number of aldehydes is 1. The van der Waals surface area contributed by atoms with E-state index in [-0.39, 0.29) is 0 Å². The first-order valence-corrected chi connectivity index (χ1v) is 11.2. The molecule has 0 amide bonds. The van der Waals surface area contributed by atoms with Crippen molar-refractivity contribution < 1.29 is 23.7 Å². The summed E-state index contributed by atoms with van der Waals surface area (Å²) in [6.07, 6.45) is -1.64. The van der Waals surface area contributed by atoms with Gasteiger partial charge in [-0.3, -0.25) is 0 Å².